The summed E-state index contributed by atoms with van der Waals surface area (Å²) in [6.45, 7) is 5.49. The van der Waals surface area contributed by atoms with Gasteiger partial charge in [0.15, 0.2) is 0 Å². The van der Waals surface area contributed by atoms with E-state index < -0.39 is 0 Å². The topological polar surface area (TPSA) is 37.0 Å². The van der Waals surface area contributed by atoms with Gasteiger partial charge < -0.3 is 10.6 Å². The second kappa shape index (κ2) is 7.37. The fourth-order valence-corrected chi connectivity index (χ4v) is 2.91. The maximum Gasteiger partial charge on any atom is 0.0549 e. The Bertz CT molecular complexity index is 378. The summed E-state index contributed by atoms with van der Waals surface area (Å²) < 4.78 is 0. The highest BCUT2D eigenvalue weighted by Crippen LogP contribution is 2.28. The predicted molar refractivity (Wildman–Crippen MR) is 82.7 cm³/mol. The van der Waals surface area contributed by atoms with Crippen LogP contribution >= 0.6 is 0 Å². The third-order valence-corrected chi connectivity index (χ3v) is 4.05. The van der Waals surface area contributed by atoms with Crippen molar-refractivity contribution >= 4 is 11.4 Å². The Kier molecular flexibility index (Phi) is 5.49. The van der Waals surface area contributed by atoms with Crippen LogP contribution in [-0.4, -0.2) is 17.6 Å². The molecule has 0 amide bonds. The van der Waals surface area contributed by atoms with Crippen molar-refractivity contribution < 1.29 is 0 Å². The van der Waals surface area contributed by atoms with Crippen LogP contribution in [-0.2, 0) is 0 Å². The van der Waals surface area contributed by atoms with Crippen LogP contribution in [0.5, 0.6) is 0 Å². The monoisotopic (exact) mass is 261 g/mol. The van der Waals surface area contributed by atoms with E-state index in [1.165, 1.54) is 32.1 Å². The average Bonchev–Trinajstić information content (AvgIpc) is 2.46. The molecule has 0 radical (unpaired) electrons. The molecule has 1 aromatic heterocycles. The third-order valence-electron chi connectivity index (χ3n) is 4.05. The molecule has 3 nitrogen and oxygen atoms in total. The van der Waals surface area contributed by atoms with Crippen LogP contribution in [0, 0.1) is 5.92 Å². The van der Waals surface area contributed by atoms with Gasteiger partial charge in [-0.1, -0.05) is 33.1 Å². The Balaban J connectivity index is 1.90. The van der Waals surface area contributed by atoms with Crippen LogP contribution in [0.15, 0.2) is 18.5 Å². The standard InChI is InChI=1S/C16H27N3/c1-3-8-18-15-10-16(12-17-11-15)19-14-7-5-6-13(4-2)9-14/h10-14,18-19H,3-9H2,1-2H3. The molecule has 3 heteroatoms. The van der Waals surface area contributed by atoms with E-state index in [4.69, 9.17) is 0 Å². The molecule has 1 aromatic rings. The maximum atomic E-state index is 4.32. The molecule has 0 saturated heterocycles. The first-order valence-electron chi connectivity index (χ1n) is 7.77. The molecule has 1 aliphatic rings. The lowest BCUT2D eigenvalue weighted by Crippen LogP contribution is -2.27. The van der Waals surface area contributed by atoms with Crippen LogP contribution in [0.2, 0.25) is 0 Å². The van der Waals surface area contributed by atoms with Crippen molar-refractivity contribution in [3.63, 3.8) is 0 Å². The molecule has 0 aromatic carbocycles. The molecular formula is C16H27N3. The molecule has 19 heavy (non-hydrogen) atoms. The second-order valence-electron chi connectivity index (χ2n) is 5.67. The largest absolute Gasteiger partial charge is 0.384 e. The number of aromatic nitrogens is 1. The van der Waals surface area contributed by atoms with Gasteiger partial charge in [0.1, 0.15) is 0 Å². The first-order valence-corrected chi connectivity index (χ1v) is 7.77. The lowest BCUT2D eigenvalue weighted by molar-refractivity contribution is 0.327. The van der Waals surface area contributed by atoms with Crippen molar-refractivity contribution in [2.45, 2.75) is 58.4 Å². The van der Waals surface area contributed by atoms with Crippen molar-refractivity contribution in [1.82, 2.24) is 4.98 Å². The molecule has 2 atom stereocenters. The average molecular weight is 261 g/mol. The molecule has 0 spiro atoms. The molecule has 1 aliphatic carbocycles. The normalized spacial score (nSPS) is 23.1. The number of nitrogens with zero attached hydrogens (tertiary/aromatic N) is 1. The van der Waals surface area contributed by atoms with Crippen LogP contribution in [0.1, 0.15) is 52.4 Å². The molecule has 0 aliphatic heterocycles. The quantitative estimate of drug-likeness (QED) is 0.802. The SMILES string of the molecule is CCCNc1cncc(NC2CCCC(CC)C2)c1. The maximum absolute atomic E-state index is 4.32. The van der Waals surface area contributed by atoms with Crippen molar-refractivity contribution in [2.24, 2.45) is 5.92 Å². The van der Waals surface area contributed by atoms with Crippen molar-refractivity contribution in [3.8, 4) is 0 Å². The highest BCUT2D eigenvalue weighted by Gasteiger charge is 2.20. The van der Waals surface area contributed by atoms with Gasteiger partial charge >= 0.3 is 0 Å². The summed E-state index contributed by atoms with van der Waals surface area (Å²) in [5, 5.41) is 7.05. The summed E-state index contributed by atoms with van der Waals surface area (Å²) in [4.78, 5) is 4.32. The van der Waals surface area contributed by atoms with Crippen LogP contribution in [0.3, 0.4) is 0 Å². The van der Waals surface area contributed by atoms with E-state index in [0.717, 1.165) is 30.3 Å². The Labute approximate surface area is 117 Å². The van der Waals surface area contributed by atoms with Gasteiger partial charge in [0.25, 0.3) is 0 Å². The van der Waals surface area contributed by atoms with Crippen molar-refractivity contribution in [3.05, 3.63) is 18.5 Å². The summed E-state index contributed by atoms with van der Waals surface area (Å²) in [5.41, 5.74) is 2.28. The van der Waals surface area contributed by atoms with Gasteiger partial charge in [0.2, 0.25) is 0 Å². The summed E-state index contributed by atoms with van der Waals surface area (Å²) in [5.74, 6) is 0.903. The molecule has 2 rings (SSSR count). The summed E-state index contributed by atoms with van der Waals surface area (Å²) in [6.07, 6.45) is 11.7. The van der Waals surface area contributed by atoms with Gasteiger partial charge in [-0.25, -0.2) is 0 Å². The van der Waals surface area contributed by atoms with E-state index in [-0.39, 0.29) is 0 Å². The minimum absolute atomic E-state index is 0.627. The zero-order valence-electron chi connectivity index (χ0n) is 12.3. The number of rotatable bonds is 6. The minimum atomic E-state index is 0.627. The molecular weight excluding hydrogens is 234 g/mol. The fraction of sp³-hybridized carbons (Fsp3) is 0.688. The second-order valence-corrected chi connectivity index (χ2v) is 5.67. The highest BCUT2D eigenvalue weighted by atomic mass is 15.0. The van der Waals surface area contributed by atoms with Gasteiger partial charge in [0.05, 0.1) is 23.8 Å². The Hall–Kier alpha value is -1.25. The van der Waals surface area contributed by atoms with E-state index in [9.17, 15) is 0 Å². The molecule has 2 unspecified atom stereocenters. The lowest BCUT2D eigenvalue weighted by atomic mass is 9.84. The number of hydrogen-bond donors (Lipinski definition) is 2. The van der Waals surface area contributed by atoms with Gasteiger partial charge in [-0.2, -0.15) is 0 Å². The highest BCUT2D eigenvalue weighted by molar-refractivity contribution is 5.54. The van der Waals surface area contributed by atoms with Crippen LogP contribution in [0.25, 0.3) is 0 Å². The lowest BCUT2D eigenvalue weighted by Gasteiger charge is -2.29. The molecule has 1 heterocycles. The Morgan fingerprint density at radius 3 is 2.84 bits per heavy atom. The zero-order valence-corrected chi connectivity index (χ0v) is 12.3. The first-order chi connectivity index (χ1) is 9.31. The predicted octanol–water partition coefficient (Wildman–Crippen LogP) is 4.28. The number of hydrogen-bond acceptors (Lipinski definition) is 3. The smallest absolute Gasteiger partial charge is 0.0549 e. The Morgan fingerprint density at radius 2 is 2.05 bits per heavy atom. The molecule has 0 bridgehead atoms. The summed E-state index contributed by atoms with van der Waals surface area (Å²) in [7, 11) is 0. The van der Waals surface area contributed by atoms with E-state index in [0.29, 0.717) is 6.04 Å². The van der Waals surface area contributed by atoms with Crippen molar-refractivity contribution in [1.29, 1.82) is 0 Å². The van der Waals surface area contributed by atoms with E-state index in [1.807, 2.05) is 12.4 Å². The molecule has 1 saturated carbocycles. The van der Waals surface area contributed by atoms with E-state index in [2.05, 4.69) is 35.5 Å². The van der Waals surface area contributed by atoms with E-state index >= 15 is 0 Å². The van der Waals surface area contributed by atoms with Gasteiger partial charge in [-0.15, -0.1) is 0 Å². The number of anilines is 2. The van der Waals surface area contributed by atoms with E-state index in [1.54, 1.807) is 0 Å². The number of pyridine rings is 1. The first kappa shape index (κ1) is 14.2. The Morgan fingerprint density at radius 1 is 1.21 bits per heavy atom. The fourth-order valence-electron chi connectivity index (χ4n) is 2.91. The zero-order chi connectivity index (χ0) is 13.5. The van der Waals surface area contributed by atoms with Gasteiger partial charge in [-0.05, 0) is 31.2 Å². The molecule has 106 valence electrons. The number of nitrogens with one attached hydrogen (secondary N) is 2. The molecule has 1 fully saturated rings. The summed E-state index contributed by atoms with van der Waals surface area (Å²) >= 11 is 0. The van der Waals surface area contributed by atoms with Crippen LogP contribution in [0.4, 0.5) is 11.4 Å². The van der Waals surface area contributed by atoms with Gasteiger partial charge in [-0.3, -0.25) is 4.98 Å². The third kappa shape index (κ3) is 4.41. The minimum Gasteiger partial charge on any atom is -0.384 e. The molecule has 2 N–H and O–H groups in total. The van der Waals surface area contributed by atoms with Crippen molar-refractivity contribution in [2.75, 3.05) is 17.2 Å². The van der Waals surface area contributed by atoms with Gasteiger partial charge in [0, 0.05) is 12.6 Å². The summed E-state index contributed by atoms with van der Waals surface area (Å²) in [6, 6.07) is 2.81. The van der Waals surface area contributed by atoms with Crippen LogP contribution < -0.4 is 10.6 Å².